The third-order valence-electron chi connectivity index (χ3n) is 4.90. The number of piperazine rings is 1. The summed E-state index contributed by atoms with van der Waals surface area (Å²) in [6.45, 7) is 4.95. The monoisotopic (exact) mass is 364 g/mol. The Hall–Kier alpha value is -2.05. The minimum atomic E-state index is -4.67. The van der Waals surface area contributed by atoms with Gasteiger partial charge in [-0.3, -0.25) is 4.90 Å². The average molecular weight is 364 g/mol. The molecule has 26 heavy (non-hydrogen) atoms. The predicted octanol–water partition coefficient (Wildman–Crippen LogP) is 4.31. The fraction of sp³-hybridized carbons (Fsp3) is 0.400. The highest BCUT2D eigenvalue weighted by Gasteiger charge is 2.32. The molecule has 1 saturated heterocycles. The zero-order valence-electron chi connectivity index (χ0n) is 14.9. The molecule has 0 aromatic heterocycles. The number of hydrogen-bond donors (Lipinski definition) is 0. The van der Waals surface area contributed by atoms with Gasteiger partial charge >= 0.3 is 6.36 Å². The van der Waals surface area contributed by atoms with Crippen LogP contribution in [0, 0.1) is 0 Å². The van der Waals surface area contributed by atoms with Crippen LogP contribution in [0.5, 0.6) is 5.75 Å². The maximum Gasteiger partial charge on any atom is 0.573 e. The fourth-order valence-corrected chi connectivity index (χ4v) is 3.41. The molecule has 1 aliphatic heterocycles. The SMILES string of the molecule is CC1CN(C(c2ccccc2)c2ccc(OC(F)(F)F)cc2)CCN1C. The van der Waals surface area contributed by atoms with Crippen LogP contribution in [0.2, 0.25) is 0 Å². The second-order valence-electron chi connectivity index (χ2n) is 6.75. The first-order chi connectivity index (χ1) is 12.3. The van der Waals surface area contributed by atoms with Crippen LogP contribution in [0.25, 0.3) is 0 Å². The molecule has 2 aromatic carbocycles. The molecule has 0 N–H and O–H groups in total. The molecule has 0 saturated carbocycles. The molecule has 1 heterocycles. The van der Waals surface area contributed by atoms with Crippen molar-refractivity contribution in [3.05, 3.63) is 65.7 Å². The Morgan fingerprint density at radius 3 is 2.15 bits per heavy atom. The van der Waals surface area contributed by atoms with E-state index in [1.165, 1.54) is 12.1 Å². The molecule has 1 fully saturated rings. The molecule has 140 valence electrons. The summed E-state index contributed by atoms with van der Waals surface area (Å²) in [5.74, 6) is -0.195. The highest BCUT2D eigenvalue weighted by molar-refractivity contribution is 5.36. The van der Waals surface area contributed by atoms with E-state index in [0.29, 0.717) is 6.04 Å². The molecule has 3 rings (SSSR count). The molecule has 2 atom stereocenters. The van der Waals surface area contributed by atoms with Gasteiger partial charge in [0.05, 0.1) is 6.04 Å². The minimum absolute atomic E-state index is 0.00675. The number of ether oxygens (including phenoxy) is 1. The topological polar surface area (TPSA) is 15.7 Å². The predicted molar refractivity (Wildman–Crippen MR) is 95.1 cm³/mol. The summed E-state index contributed by atoms with van der Waals surface area (Å²) in [5, 5.41) is 0. The molecule has 1 aliphatic rings. The van der Waals surface area contributed by atoms with E-state index in [-0.39, 0.29) is 11.8 Å². The van der Waals surface area contributed by atoms with E-state index in [1.807, 2.05) is 18.2 Å². The highest BCUT2D eigenvalue weighted by atomic mass is 19.4. The summed E-state index contributed by atoms with van der Waals surface area (Å²) in [6.07, 6.45) is -4.67. The van der Waals surface area contributed by atoms with Gasteiger partial charge in [0.1, 0.15) is 5.75 Å². The molecule has 0 aliphatic carbocycles. The van der Waals surface area contributed by atoms with Crippen molar-refractivity contribution in [3.63, 3.8) is 0 Å². The van der Waals surface area contributed by atoms with Crippen molar-refractivity contribution in [2.45, 2.75) is 25.4 Å². The van der Waals surface area contributed by atoms with E-state index in [2.05, 4.69) is 40.6 Å². The Labute approximate surface area is 152 Å². The largest absolute Gasteiger partial charge is 0.573 e. The van der Waals surface area contributed by atoms with Crippen LogP contribution in [-0.4, -0.2) is 48.9 Å². The summed E-state index contributed by atoms with van der Waals surface area (Å²) < 4.78 is 41.2. The summed E-state index contributed by atoms with van der Waals surface area (Å²) >= 11 is 0. The van der Waals surface area contributed by atoms with Gasteiger partial charge in [0, 0.05) is 25.7 Å². The Balaban J connectivity index is 1.89. The first-order valence-corrected chi connectivity index (χ1v) is 8.68. The Kier molecular flexibility index (Phi) is 5.53. The van der Waals surface area contributed by atoms with Crippen molar-refractivity contribution in [2.75, 3.05) is 26.7 Å². The lowest BCUT2D eigenvalue weighted by molar-refractivity contribution is -0.274. The normalized spacial score (nSPS) is 20.7. The quantitative estimate of drug-likeness (QED) is 0.804. The number of halogens is 3. The highest BCUT2D eigenvalue weighted by Crippen LogP contribution is 2.32. The molecule has 0 amide bonds. The van der Waals surface area contributed by atoms with Crippen LogP contribution in [0.1, 0.15) is 24.1 Å². The molecule has 0 spiro atoms. The van der Waals surface area contributed by atoms with Crippen LogP contribution >= 0.6 is 0 Å². The van der Waals surface area contributed by atoms with Crippen molar-refractivity contribution < 1.29 is 17.9 Å². The third-order valence-corrected chi connectivity index (χ3v) is 4.90. The maximum absolute atomic E-state index is 12.4. The molecule has 2 unspecified atom stereocenters. The molecular formula is C20H23F3N2O. The lowest BCUT2D eigenvalue weighted by atomic mass is 9.95. The molecular weight excluding hydrogens is 341 g/mol. The molecule has 2 aromatic rings. The third kappa shape index (κ3) is 4.56. The fourth-order valence-electron chi connectivity index (χ4n) is 3.41. The van der Waals surface area contributed by atoms with Gasteiger partial charge in [-0.2, -0.15) is 0 Å². The van der Waals surface area contributed by atoms with Gasteiger partial charge in [0.2, 0.25) is 0 Å². The second-order valence-corrected chi connectivity index (χ2v) is 6.75. The van der Waals surface area contributed by atoms with Gasteiger partial charge in [-0.25, -0.2) is 0 Å². The van der Waals surface area contributed by atoms with E-state index in [9.17, 15) is 13.2 Å². The number of benzene rings is 2. The molecule has 0 bridgehead atoms. The van der Waals surface area contributed by atoms with E-state index < -0.39 is 6.36 Å². The van der Waals surface area contributed by atoms with Crippen LogP contribution in [0.3, 0.4) is 0 Å². The van der Waals surface area contributed by atoms with Crippen LogP contribution < -0.4 is 4.74 Å². The summed E-state index contributed by atoms with van der Waals surface area (Å²) in [5.41, 5.74) is 2.09. The van der Waals surface area contributed by atoms with E-state index in [0.717, 1.165) is 30.8 Å². The van der Waals surface area contributed by atoms with E-state index in [1.54, 1.807) is 12.1 Å². The van der Waals surface area contributed by atoms with Crippen molar-refractivity contribution in [1.82, 2.24) is 9.80 Å². The van der Waals surface area contributed by atoms with E-state index in [4.69, 9.17) is 0 Å². The number of likely N-dealkylation sites (N-methyl/N-ethyl adjacent to an activating group) is 1. The van der Waals surface area contributed by atoms with Crippen LogP contribution in [0.15, 0.2) is 54.6 Å². The van der Waals surface area contributed by atoms with Crippen molar-refractivity contribution in [2.24, 2.45) is 0 Å². The lowest BCUT2D eigenvalue weighted by Gasteiger charge is -2.42. The van der Waals surface area contributed by atoms with Crippen molar-refractivity contribution in [1.29, 1.82) is 0 Å². The Morgan fingerprint density at radius 1 is 0.962 bits per heavy atom. The summed E-state index contributed by atoms with van der Waals surface area (Å²) in [7, 11) is 2.11. The standard InChI is InChI=1S/C20H23F3N2O/c1-15-14-25(13-12-24(15)2)19(16-6-4-3-5-7-16)17-8-10-18(11-9-17)26-20(21,22)23/h3-11,15,19H,12-14H2,1-2H3. The number of nitrogens with zero attached hydrogens (tertiary/aromatic N) is 2. The van der Waals surface area contributed by atoms with E-state index >= 15 is 0 Å². The van der Waals surface area contributed by atoms with Gasteiger partial charge in [0.25, 0.3) is 0 Å². The zero-order valence-corrected chi connectivity index (χ0v) is 14.9. The van der Waals surface area contributed by atoms with Gasteiger partial charge in [-0.05, 0) is 37.2 Å². The first-order valence-electron chi connectivity index (χ1n) is 8.68. The summed E-state index contributed by atoms with van der Waals surface area (Å²) in [4.78, 5) is 4.71. The van der Waals surface area contributed by atoms with Gasteiger partial charge in [-0.1, -0.05) is 42.5 Å². The maximum atomic E-state index is 12.4. The van der Waals surface area contributed by atoms with Crippen molar-refractivity contribution >= 4 is 0 Å². The van der Waals surface area contributed by atoms with Crippen molar-refractivity contribution in [3.8, 4) is 5.75 Å². The first kappa shape index (κ1) is 18.7. The average Bonchev–Trinajstić information content (AvgIpc) is 2.59. The number of hydrogen-bond acceptors (Lipinski definition) is 3. The number of rotatable bonds is 4. The van der Waals surface area contributed by atoms with Crippen LogP contribution in [0.4, 0.5) is 13.2 Å². The van der Waals surface area contributed by atoms with Gasteiger partial charge in [-0.15, -0.1) is 13.2 Å². The van der Waals surface area contributed by atoms with Gasteiger partial charge in [0.15, 0.2) is 0 Å². The Bertz CT molecular complexity index is 703. The molecule has 0 radical (unpaired) electrons. The number of alkyl halides is 3. The van der Waals surface area contributed by atoms with Gasteiger partial charge < -0.3 is 9.64 Å². The van der Waals surface area contributed by atoms with Crippen LogP contribution in [-0.2, 0) is 0 Å². The second kappa shape index (κ2) is 7.68. The smallest absolute Gasteiger partial charge is 0.406 e. The molecule has 3 nitrogen and oxygen atoms in total. The lowest BCUT2D eigenvalue weighted by Crippen LogP contribution is -2.51. The minimum Gasteiger partial charge on any atom is -0.406 e. The Morgan fingerprint density at radius 2 is 1.58 bits per heavy atom. The summed E-state index contributed by atoms with van der Waals surface area (Å²) in [6, 6.07) is 16.7. The zero-order chi connectivity index (χ0) is 18.7. The molecule has 6 heteroatoms.